The van der Waals surface area contributed by atoms with E-state index >= 15 is 4.39 Å². The Labute approximate surface area is 296 Å². The maximum absolute atomic E-state index is 16.2. The lowest BCUT2D eigenvalue weighted by molar-refractivity contribution is -0.115. The van der Waals surface area contributed by atoms with Crippen LogP contribution in [0, 0.1) is 17.2 Å². The third kappa shape index (κ3) is 10.0. The fourth-order valence-corrected chi connectivity index (χ4v) is 7.00. The lowest BCUT2D eigenvalue weighted by Crippen LogP contribution is -2.42. The minimum atomic E-state index is -0.801. The average molecular weight is 699 g/mol. The highest BCUT2D eigenvalue weighted by atomic mass is 32.1. The van der Waals surface area contributed by atoms with Crippen LogP contribution in [0.3, 0.4) is 0 Å². The van der Waals surface area contributed by atoms with Crippen LogP contribution in [0.5, 0.6) is 0 Å². The topological polar surface area (TPSA) is 116 Å². The summed E-state index contributed by atoms with van der Waals surface area (Å²) >= 11 is 1.01. The molecule has 5 heterocycles. The monoisotopic (exact) mass is 698 g/mol. The van der Waals surface area contributed by atoms with Gasteiger partial charge in [-0.1, -0.05) is 79.6 Å². The first-order valence-corrected chi connectivity index (χ1v) is 18.8. The average Bonchev–Trinajstić information content (AvgIpc) is 3.87. The van der Waals surface area contributed by atoms with Crippen molar-refractivity contribution in [3.63, 3.8) is 0 Å². The van der Waals surface area contributed by atoms with Gasteiger partial charge in [0.2, 0.25) is 0 Å². The summed E-state index contributed by atoms with van der Waals surface area (Å²) in [5.41, 5.74) is 9.30. The summed E-state index contributed by atoms with van der Waals surface area (Å²) in [5, 5.41) is 16.1. The summed E-state index contributed by atoms with van der Waals surface area (Å²) in [6.07, 6.45) is 14.8. The van der Waals surface area contributed by atoms with E-state index in [1.54, 1.807) is 0 Å². The second-order valence-corrected chi connectivity index (χ2v) is 14.3. The number of aliphatic imine (C=N–C) groups is 1. The van der Waals surface area contributed by atoms with Gasteiger partial charge in [0.1, 0.15) is 28.7 Å². The second-order valence-electron chi connectivity index (χ2n) is 13.2. The molecule has 0 radical (unpaired) electrons. The molecule has 5 aliphatic rings. The molecule has 0 saturated carbocycles. The molecular weight excluding hydrogens is 643 g/mol. The number of thiophene rings is 1. The molecule has 1 fully saturated rings. The van der Waals surface area contributed by atoms with Crippen LogP contribution in [0.25, 0.3) is 5.83 Å². The van der Waals surface area contributed by atoms with Gasteiger partial charge in [-0.25, -0.2) is 13.8 Å². The van der Waals surface area contributed by atoms with E-state index in [9.17, 15) is 14.4 Å². The molecule has 0 aromatic carbocycles. The van der Waals surface area contributed by atoms with Gasteiger partial charge in [0.05, 0.1) is 29.7 Å². The van der Waals surface area contributed by atoms with Gasteiger partial charge in [-0.2, -0.15) is 5.26 Å². The van der Waals surface area contributed by atoms with E-state index in [0.29, 0.717) is 23.7 Å². The largest absolute Gasteiger partial charge is 0.389 e. The fourth-order valence-electron chi connectivity index (χ4n) is 6.04. The van der Waals surface area contributed by atoms with Crippen LogP contribution in [-0.4, -0.2) is 49.0 Å². The number of likely N-dealkylation sites (tertiary alicyclic amines) is 1. The highest BCUT2D eigenvalue weighted by Gasteiger charge is 2.43. The van der Waals surface area contributed by atoms with Gasteiger partial charge in [0, 0.05) is 42.2 Å². The minimum absolute atomic E-state index is 0.167. The number of ether oxygens (including phenoxy) is 1. The van der Waals surface area contributed by atoms with Gasteiger partial charge in [0.25, 0.3) is 0 Å². The summed E-state index contributed by atoms with van der Waals surface area (Å²) in [7, 11) is 0. The molecular formula is C38H56F2N6O2S. The number of Topliss-reactive ketones (excluding diaryl/α,β-unsaturated/α-hetero) is 1. The van der Waals surface area contributed by atoms with Crippen LogP contribution in [0.15, 0.2) is 45.5 Å². The molecule has 0 bridgehead atoms. The molecule has 1 aromatic heterocycles. The number of unbranched alkanes of at least 4 members (excludes halogenated alkanes) is 3. The zero-order valence-corrected chi connectivity index (χ0v) is 31.3. The third-order valence-corrected chi connectivity index (χ3v) is 10.1. The van der Waals surface area contributed by atoms with Crippen molar-refractivity contribution in [1.82, 2.24) is 15.5 Å². The molecule has 1 aromatic rings. The van der Waals surface area contributed by atoms with E-state index < -0.39 is 23.7 Å². The van der Waals surface area contributed by atoms with Gasteiger partial charge in [-0.05, 0) is 43.8 Å². The Morgan fingerprint density at radius 2 is 1.76 bits per heavy atom. The SMILES string of the molecule is CC(C)=O.CCCC.CCCCCC(C)CC.N#Cc1c(N)sc2c1C(C1=C(F)C3N=C(N4CCCC4)NC=C3C3=C1COC3)NC=C2F. The maximum Gasteiger partial charge on any atom is 0.199 e. The van der Waals surface area contributed by atoms with Crippen LogP contribution < -0.4 is 16.4 Å². The molecule has 4 aliphatic heterocycles. The predicted molar refractivity (Wildman–Crippen MR) is 198 cm³/mol. The summed E-state index contributed by atoms with van der Waals surface area (Å²) in [6, 6.07) is 0.522. The molecule has 270 valence electrons. The summed E-state index contributed by atoms with van der Waals surface area (Å²) in [5.74, 6) is 0.859. The molecule has 4 N–H and O–H groups in total. The molecule has 3 atom stereocenters. The number of halogens is 2. The van der Waals surface area contributed by atoms with E-state index in [4.69, 9.17) is 15.5 Å². The van der Waals surface area contributed by atoms with Crippen molar-refractivity contribution in [2.75, 3.05) is 32.0 Å². The normalized spacial score (nSPS) is 20.9. The third-order valence-electron chi connectivity index (χ3n) is 9.09. The number of rotatable bonds is 7. The highest BCUT2D eigenvalue weighted by Crippen LogP contribution is 2.50. The Hall–Kier alpha value is -3.49. The van der Waals surface area contributed by atoms with Crippen molar-refractivity contribution in [3.8, 4) is 6.07 Å². The first-order valence-electron chi connectivity index (χ1n) is 17.9. The van der Waals surface area contributed by atoms with Crippen LogP contribution in [0.1, 0.15) is 128 Å². The number of fused-ring (bicyclic) bond motifs is 3. The van der Waals surface area contributed by atoms with Crippen molar-refractivity contribution in [3.05, 3.63) is 56.5 Å². The van der Waals surface area contributed by atoms with E-state index in [1.807, 2.05) is 6.20 Å². The minimum Gasteiger partial charge on any atom is -0.389 e. The number of ketones is 1. The summed E-state index contributed by atoms with van der Waals surface area (Å²) in [4.78, 5) is 16.6. The number of nitriles is 1. The van der Waals surface area contributed by atoms with Crippen LogP contribution >= 0.6 is 11.3 Å². The van der Waals surface area contributed by atoms with Crippen LogP contribution in [0.4, 0.5) is 13.8 Å². The number of nitrogen functional groups attached to an aromatic ring is 1. The molecule has 8 nitrogen and oxygen atoms in total. The summed E-state index contributed by atoms with van der Waals surface area (Å²) in [6.45, 7) is 16.7. The van der Waals surface area contributed by atoms with Crippen molar-refractivity contribution in [2.45, 2.75) is 118 Å². The Bertz CT molecular complexity index is 1490. The van der Waals surface area contributed by atoms with Gasteiger partial charge < -0.3 is 30.8 Å². The van der Waals surface area contributed by atoms with E-state index in [-0.39, 0.29) is 27.8 Å². The molecule has 0 spiro atoms. The lowest BCUT2D eigenvalue weighted by atomic mass is 9.79. The molecule has 1 saturated heterocycles. The summed E-state index contributed by atoms with van der Waals surface area (Å²) < 4.78 is 36.5. The van der Waals surface area contributed by atoms with E-state index in [2.05, 4.69) is 56.2 Å². The van der Waals surface area contributed by atoms with Gasteiger partial charge >= 0.3 is 0 Å². The number of nitrogens with two attached hydrogens (primary N) is 1. The molecule has 0 amide bonds. The molecule has 1 aliphatic carbocycles. The number of carbonyl (C=O) groups is 1. The molecule has 3 unspecified atom stereocenters. The molecule has 11 heteroatoms. The number of anilines is 1. The molecule has 6 rings (SSSR count). The van der Waals surface area contributed by atoms with Crippen molar-refractivity contribution in [1.29, 1.82) is 5.26 Å². The first-order chi connectivity index (χ1) is 23.5. The second kappa shape index (κ2) is 19.6. The number of nitrogens with one attached hydrogen (secondary N) is 2. The Morgan fingerprint density at radius 3 is 2.35 bits per heavy atom. The van der Waals surface area contributed by atoms with Crippen LogP contribution in [-0.2, 0) is 9.53 Å². The Morgan fingerprint density at radius 1 is 1.10 bits per heavy atom. The van der Waals surface area contributed by atoms with Crippen molar-refractivity contribution < 1.29 is 18.3 Å². The highest BCUT2D eigenvalue weighted by molar-refractivity contribution is 7.17. The number of guanidine groups is 1. The van der Waals surface area contributed by atoms with Gasteiger partial charge in [-0.3, -0.25) is 0 Å². The number of carbonyl (C=O) groups excluding carboxylic acids is 1. The fraction of sp³-hybridized carbons (Fsp3) is 0.605. The van der Waals surface area contributed by atoms with Crippen LogP contribution in [0.2, 0.25) is 0 Å². The van der Waals surface area contributed by atoms with Gasteiger partial charge in [0.15, 0.2) is 11.8 Å². The zero-order chi connectivity index (χ0) is 36.1. The molecule has 49 heavy (non-hydrogen) atoms. The zero-order valence-electron chi connectivity index (χ0n) is 30.5. The Balaban J connectivity index is 0.000000320. The van der Waals surface area contributed by atoms with Gasteiger partial charge in [-0.15, -0.1) is 11.3 Å². The Kier molecular flexibility index (Phi) is 16.0. The number of hydrogen-bond acceptors (Lipinski definition) is 9. The van der Waals surface area contributed by atoms with E-state index in [1.165, 1.54) is 65.0 Å². The standard InChI is InChI=1S/C22H20F2N6OS.C9H20.C4H10.C3H6O/c23-14-7-27-19(16-10(5-25)21(26)32-20(14)16)15-13-9-31-8-12(13)11-6-28-22(29-18(11)17(15)24)30-3-1-2-4-30;1-4-6-7-8-9(3)5-2;1-3-4-2;1-3(2)4/h6-7,18-19,27H,1-4,8-9,26H2,(H,28,29);9H,4-8H2,1-3H3;3-4H2,1-2H3;1-2H3. The smallest absolute Gasteiger partial charge is 0.199 e. The van der Waals surface area contributed by atoms with Crippen molar-refractivity contribution >= 4 is 33.9 Å². The lowest BCUT2D eigenvalue weighted by Gasteiger charge is -2.34. The first kappa shape index (κ1) is 39.9. The van der Waals surface area contributed by atoms with E-state index in [0.717, 1.165) is 59.9 Å². The number of hydrogen-bond donors (Lipinski definition) is 3. The maximum atomic E-state index is 16.2. The quantitative estimate of drug-likeness (QED) is 0.244. The predicted octanol–water partition coefficient (Wildman–Crippen LogP) is 9.00. The number of nitrogens with zero attached hydrogens (tertiary/aromatic N) is 3. The van der Waals surface area contributed by atoms with Crippen molar-refractivity contribution in [2.24, 2.45) is 10.9 Å².